The van der Waals surface area contributed by atoms with E-state index in [0.29, 0.717) is 0 Å². The van der Waals surface area contributed by atoms with Crippen LogP contribution in [0.15, 0.2) is 17.5 Å². The van der Waals surface area contributed by atoms with E-state index in [1.54, 1.807) is 5.01 Å². The normalized spacial score (nSPS) is 19.6. The van der Waals surface area contributed by atoms with Gasteiger partial charge in [-0.2, -0.15) is 5.10 Å². The van der Waals surface area contributed by atoms with Gasteiger partial charge in [-0.3, -0.25) is 5.01 Å². The molecule has 0 atom stereocenters. The van der Waals surface area contributed by atoms with Crippen LogP contribution in [0, 0.1) is 0 Å². The molecule has 3 heteroatoms. The second-order valence-electron chi connectivity index (χ2n) is 2.45. The standard InChI is InChI=1S/C7H13N3/c1-7-9(2)6-4-5-8-10(7)3/h5H,1,4,6H2,2-3H3. The molecule has 0 saturated heterocycles. The molecule has 1 heterocycles. The molecule has 0 fully saturated rings. The second kappa shape index (κ2) is 2.73. The molecule has 1 rings (SSSR count). The molecule has 10 heavy (non-hydrogen) atoms. The number of rotatable bonds is 0. The first-order valence-corrected chi connectivity index (χ1v) is 3.38. The monoisotopic (exact) mass is 139 g/mol. The van der Waals surface area contributed by atoms with Gasteiger partial charge >= 0.3 is 0 Å². The third-order valence-corrected chi connectivity index (χ3v) is 1.66. The zero-order valence-corrected chi connectivity index (χ0v) is 6.54. The summed E-state index contributed by atoms with van der Waals surface area (Å²) in [5, 5.41) is 5.91. The lowest BCUT2D eigenvalue weighted by Crippen LogP contribution is -2.24. The fraction of sp³-hybridized carbons (Fsp3) is 0.571. The van der Waals surface area contributed by atoms with Gasteiger partial charge in [-0.05, 0) is 0 Å². The lowest BCUT2D eigenvalue weighted by atomic mass is 10.4. The quantitative estimate of drug-likeness (QED) is 0.492. The van der Waals surface area contributed by atoms with Gasteiger partial charge in [-0.25, -0.2) is 0 Å². The Bertz CT molecular complexity index is 162. The minimum absolute atomic E-state index is 0.953. The molecule has 0 aromatic rings. The van der Waals surface area contributed by atoms with Crippen molar-refractivity contribution < 1.29 is 0 Å². The average molecular weight is 139 g/mol. The Morgan fingerprint density at radius 1 is 1.60 bits per heavy atom. The van der Waals surface area contributed by atoms with Crippen LogP contribution in [0.25, 0.3) is 0 Å². The summed E-state index contributed by atoms with van der Waals surface area (Å²) in [6, 6.07) is 0. The molecule has 1 aliphatic heterocycles. The van der Waals surface area contributed by atoms with Crippen molar-refractivity contribution in [3.8, 4) is 0 Å². The van der Waals surface area contributed by atoms with Crippen LogP contribution in [0.2, 0.25) is 0 Å². The predicted molar refractivity (Wildman–Crippen MR) is 42.6 cm³/mol. The molecule has 0 radical (unpaired) electrons. The molecule has 0 aromatic heterocycles. The number of hydrogen-bond acceptors (Lipinski definition) is 3. The van der Waals surface area contributed by atoms with Crippen LogP contribution in [0.3, 0.4) is 0 Å². The summed E-state index contributed by atoms with van der Waals surface area (Å²) in [6.07, 6.45) is 2.91. The third-order valence-electron chi connectivity index (χ3n) is 1.66. The van der Waals surface area contributed by atoms with Crippen LogP contribution in [-0.2, 0) is 0 Å². The Hall–Kier alpha value is -0.990. The average Bonchev–Trinajstić information content (AvgIpc) is 2.04. The Kier molecular flexibility index (Phi) is 1.94. The fourth-order valence-corrected chi connectivity index (χ4v) is 0.874. The smallest absolute Gasteiger partial charge is 0.117 e. The maximum atomic E-state index is 4.12. The molecule has 0 amide bonds. The minimum Gasteiger partial charge on any atom is -0.360 e. The summed E-state index contributed by atoms with van der Waals surface area (Å²) in [7, 11) is 3.92. The van der Waals surface area contributed by atoms with Crippen molar-refractivity contribution in [2.24, 2.45) is 5.10 Å². The first kappa shape index (κ1) is 7.12. The summed E-state index contributed by atoms with van der Waals surface area (Å²) in [6.45, 7) is 4.88. The van der Waals surface area contributed by atoms with E-state index in [4.69, 9.17) is 0 Å². The topological polar surface area (TPSA) is 18.8 Å². The summed E-state index contributed by atoms with van der Waals surface area (Å²) >= 11 is 0. The SMILES string of the molecule is C=C1N(C)CCC=NN1C. The van der Waals surface area contributed by atoms with Crippen LogP contribution in [0.4, 0.5) is 0 Å². The predicted octanol–water partition coefficient (Wildman–Crippen LogP) is 0.711. The minimum atomic E-state index is 0.953. The molecule has 0 spiro atoms. The highest BCUT2D eigenvalue weighted by atomic mass is 15.5. The molecule has 0 unspecified atom stereocenters. The maximum Gasteiger partial charge on any atom is 0.117 e. The zero-order chi connectivity index (χ0) is 7.56. The van der Waals surface area contributed by atoms with Crippen LogP contribution < -0.4 is 0 Å². The van der Waals surface area contributed by atoms with E-state index < -0.39 is 0 Å². The Labute approximate surface area is 61.6 Å². The Morgan fingerprint density at radius 3 is 3.00 bits per heavy atom. The molecule has 0 bridgehead atoms. The highest BCUT2D eigenvalue weighted by Gasteiger charge is 2.07. The number of hydrogen-bond donors (Lipinski definition) is 0. The lowest BCUT2D eigenvalue weighted by Gasteiger charge is -2.23. The largest absolute Gasteiger partial charge is 0.360 e. The van der Waals surface area contributed by atoms with Gasteiger partial charge in [0.1, 0.15) is 5.82 Å². The van der Waals surface area contributed by atoms with Crippen molar-refractivity contribution >= 4 is 6.21 Å². The highest BCUT2D eigenvalue weighted by Crippen LogP contribution is 2.07. The summed E-state index contributed by atoms with van der Waals surface area (Å²) in [5.41, 5.74) is 0. The third kappa shape index (κ3) is 1.29. The lowest BCUT2D eigenvalue weighted by molar-refractivity contribution is 0.295. The van der Waals surface area contributed by atoms with Gasteiger partial charge in [-0.1, -0.05) is 6.58 Å². The van der Waals surface area contributed by atoms with E-state index >= 15 is 0 Å². The van der Waals surface area contributed by atoms with Gasteiger partial charge in [0.25, 0.3) is 0 Å². The van der Waals surface area contributed by atoms with Gasteiger partial charge in [0, 0.05) is 33.3 Å². The molecule has 0 aromatic carbocycles. The van der Waals surface area contributed by atoms with Crippen LogP contribution in [0.1, 0.15) is 6.42 Å². The fourth-order valence-electron chi connectivity index (χ4n) is 0.874. The van der Waals surface area contributed by atoms with Crippen molar-refractivity contribution in [3.05, 3.63) is 12.4 Å². The summed E-state index contributed by atoms with van der Waals surface area (Å²) < 4.78 is 0. The van der Waals surface area contributed by atoms with Crippen molar-refractivity contribution in [3.63, 3.8) is 0 Å². The highest BCUT2D eigenvalue weighted by molar-refractivity contribution is 5.57. The molecule has 0 aliphatic carbocycles. The summed E-state index contributed by atoms with van der Waals surface area (Å²) in [4.78, 5) is 2.09. The summed E-state index contributed by atoms with van der Waals surface area (Å²) in [5.74, 6) is 0.953. The molecule has 0 N–H and O–H groups in total. The van der Waals surface area contributed by atoms with Crippen LogP contribution in [0.5, 0.6) is 0 Å². The number of nitrogens with zero attached hydrogens (tertiary/aromatic N) is 3. The molecular formula is C7H13N3. The Balaban J connectivity index is 2.67. The van der Waals surface area contributed by atoms with E-state index in [0.717, 1.165) is 18.8 Å². The maximum absolute atomic E-state index is 4.12. The van der Waals surface area contributed by atoms with Crippen molar-refractivity contribution in [1.29, 1.82) is 0 Å². The van der Waals surface area contributed by atoms with Gasteiger partial charge < -0.3 is 4.90 Å². The van der Waals surface area contributed by atoms with E-state index in [1.807, 2.05) is 20.3 Å². The van der Waals surface area contributed by atoms with Crippen molar-refractivity contribution in [2.45, 2.75) is 6.42 Å². The van der Waals surface area contributed by atoms with Gasteiger partial charge in [0.15, 0.2) is 0 Å². The van der Waals surface area contributed by atoms with Crippen LogP contribution in [-0.4, -0.2) is 36.8 Å². The van der Waals surface area contributed by atoms with E-state index in [9.17, 15) is 0 Å². The molecular weight excluding hydrogens is 126 g/mol. The molecule has 0 saturated carbocycles. The number of hydrazone groups is 1. The Morgan fingerprint density at radius 2 is 2.30 bits per heavy atom. The molecule has 3 nitrogen and oxygen atoms in total. The molecule has 1 aliphatic rings. The van der Waals surface area contributed by atoms with Crippen molar-refractivity contribution in [2.75, 3.05) is 20.6 Å². The molecule has 56 valence electrons. The van der Waals surface area contributed by atoms with Gasteiger partial charge in [-0.15, -0.1) is 0 Å². The zero-order valence-electron chi connectivity index (χ0n) is 6.54. The first-order valence-electron chi connectivity index (χ1n) is 3.38. The second-order valence-corrected chi connectivity index (χ2v) is 2.45. The van der Waals surface area contributed by atoms with Crippen LogP contribution >= 0.6 is 0 Å². The van der Waals surface area contributed by atoms with E-state index in [-0.39, 0.29) is 0 Å². The van der Waals surface area contributed by atoms with Gasteiger partial charge in [0.2, 0.25) is 0 Å². The first-order chi connectivity index (χ1) is 4.72. The van der Waals surface area contributed by atoms with E-state index in [1.165, 1.54) is 0 Å². The van der Waals surface area contributed by atoms with Crippen molar-refractivity contribution in [1.82, 2.24) is 9.91 Å². The van der Waals surface area contributed by atoms with E-state index in [2.05, 4.69) is 16.6 Å². The van der Waals surface area contributed by atoms with Gasteiger partial charge in [0.05, 0.1) is 0 Å².